The first kappa shape index (κ1) is 13.2. The minimum absolute atomic E-state index is 0.923. The summed E-state index contributed by atoms with van der Waals surface area (Å²) < 4.78 is 5.21. The van der Waals surface area contributed by atoms with Crippen molar-refractivity contribution in [2.24, 2.45) is 0 Å². The van der Waals surface area contributed by atoms with E-state index in [0.29, 0.717) is 0 Å². The molecule has 2 aromatic rings. The first-order valence-electron chi connectivity index (χ1n) is 7.25. The maximum absolute atomic E-state index is 5.21. The molecule has 1 aliphatic rings. The highest BCUT2D eigenvalue weighted by atomic mass is 16.5. The van der Waals surface area contributed by atoms with Crippen LogP contribution in [0.4, 0.5) is 0 Å². The fourth-order valence-electron chi connectivity index (χ4n) is 2.99. The van der Waals surface area contributed by atoms with Gasteiger partial charge in [-0.1, -0.05) is 37.3 Å². The van der Waals surface area contributed by atoms with Crippen LogP contribution in [0.2, 0.25) is 0 Å². The van der Waals surface area contributed by atoms with Crippen LogP contribution in [0, 0.1) is 0 Å². The molecule has 0 saturated heterocycles. The highest BCUT2D eigenvalue weighted by molar-refractivity contribution is 5.38. The number of fused-ring (bicyclic) bond motifs is 1. The number of methoxy groups -OCH3 is 1. The molecule has 1 heterocycles. The molecule has 1 aliphatic heterocycles. The van der Waals surface area contributed by atoms with Crippen LogP contribution in [-0.4, -0.2) is 12.0 Å². The molecule has 0 unspecified atom stereocenters. The van der Waals surface area contributed by atoms with Crippen LogP contribution in [0.5, 0.6) is 5.75 Å². The number of aryl methyl sites for hydroxylation is 1. The molecule has 0 spiro atoms. The maximum Gasteiger partial charge on any atom is 0.118 e. The lowest BCUT2D eigenvalue weighted by Gasteiger charge is -2.15. The van der Waals surface area contributed by atoms with Crippen molar-refractivity contribution in [2.45, 2.75) is 33.0 Å². The zero-order valence-electron chi connectivity index (χ0n) is 12.2. The lowest BCUT2D eigenvalue weighted by molar-refractivity contribution is 0.275. The van der Waals surface area contributed by atoms with Crippen molar-refractivity contribution < 1.29 is 4.74 Å². The Morgan fingerprint density at radius 3 is 2.55 bits per heavy atom. The van der Waals surface area contributed by atoms with Gasteiger partial charge in [0.15, 0.2) is 0 Å². The van der Waals surface area contributed by atoms with Gasteiger partial charge in [0.25, 0.3) is 0 Å². The molecular weight excluding hydrogens is 246 g/mol. The fraction of sp³-hybridized carbons (Fsp3) is 0.333. The molecule has 0 amide bonds. The van der Waals surface area contributed by atoms with Crippen LogP contribution in [-0.2, 0) is 26.1 Å². The van der Waals surface area contributed by atoms with E-state index in [0.717, 1.165) is 31.8 Å². The van der Waals surface area contributed by atoms with Gasteiger partial charge in [0.05, 0.1) is 7.11 Å². The van der Waals surface area contributed by atoms with Crippen molar-refractivity contribution in [3.05, 3.63) is 64.7 Å². The molecule has 0 aromatic heterocycles. The molecule has 104 valence electrons. The van der Waals surface area contributed by atoms with Crippen LogP contribution >= 0.6 is 0 Å². The second kappa shape index (κ2) is 5.68. The number of rotatable bonds is 4. The summed E-state index contributed by atoms with van der Waals surface area (Å²) in [5.41, 5.74) is 5.89. The minimum Gasteiger partial charge on any atom is -0.497 e. The van der Waals surface area contributed by atoms with Gasteiger partial charge in [-0.25, -0.2) is 0 Å². The number of ether oxygens (including phenoxy) is 1. The monoisotopic (exact) mass is 267 g/mol. The first-order chi connectivity index (χ1) is 9.80. The Morgan fingerprint density at radius 1 is 1.05 bits per heavy atom. The van der Waals surface area contributed by atoms with Crippen molar-refractivity contribution >= 4 is 0 Å². The van der Waals surface area contributed by atoms with Crippen molar-refractivity contribution in [3.8, 4) is 5.75 Å². The summed E-state index contributed by atoms with van der Waals surface area (Å²) in [7, 11) is 1.71. The normalized spacial score (nSPS) is 14.3. The van der Waals surface area contributed by atoms with E-state index in [1.165, 1.54) is 16.7 Å². The molecule has 20 heavy (non-hydrogen) atoms. The maximum atomic E-state index is 5.21. The predicted molar refractivity (Wildman–Crippen MR) is 81.8 cm³/mol. The molecule has 0 bridgehead atoms. The van der Waals surface area contributed by atoms with Gasteiger partial charge in [-0.2, -0.15) is 0 Å². The van der Waals surface area contributed by atoms with E-state index in [9.17, 15) is 0 Å². The van der Waals surface area contributed by atoms with Crippen LogP contribution < -0.4 is 4.74 Å². The van der Waals surface area contributed by atoms with Gasteiger partial charge in [0.2, 0.25) is 0 Å². The molecule has 0 N–H and O–H groups in total. The van der Waals surface area contributed by atoms with Crippen molar-refractivity contribution in [2.75, 3.05) is 7.11 Å². The molecular formula is C18H21NO. The van der Waals surface area contributed by atoms with E-state index in [-0.39, 0.29) is 0 Å². The standard InChI is InChI=1S/C18H21NO/c1-3-15-5-4-6-16-12-19(13-18(15)16)11-14-7-9-17(20-2)10-8-14/h4-10H,3,11-13H2,1-2H3. The number of hydrogen-bond donors (Lipinski definition) is 0. The summed E-state index contributed by atoms with van der Waals surface area (Å²) in [6.07, 6.45) is 1.12. The van der Waals surface area contributed by atoms with E-state index >= 15 is 0 Å². The number of benzene rings is 2. The lowest BCUT2D eigenvalue weighted by Crippen LogP contribution is -2.15. The van der Waals surface area contributed by atoms with Gasteiger partial charge in [-0.3, -0.25) is 4.90 Å². The van der Waals surface area contributed by atoms with E-state index in [1.54, 1.807) is 12.7 Å². The van der Waals surface area contributed by atoms with Gasteiger partial charge in [0, 0.05) is 19.6 Å². The zero-order valence-corrected chi connectivity index (χ0v) is 12.2. The Morgan fingerprint density at radius 2 is 1.85 bits per heavy atom. The summed E-state index contributed by atoms with van der Waals surface area (Å²) >= 11 is 0. The summed E-state index contributed by atoms with van der Waals surface area (Å²) in [4.78, 5) is 2.51. The van der Waals surface area contributed by atoms with Crippen LogP contribution in [0.15, 0.2) is 42.5 Å². The Labute approximate surface area is 121 Å². The molecule has 2 nitrogen and oxygen atoms in total. The third kappa shape index (κ3) is 2.56. The molecule has 0 radical (unpaired) electrons. The SMILES string of the molecule is CCc1cccc2c1CN(Cc1ccc(OC)cc1)C2. The molecule has 2 aromatic carbocycles. The Balaban J connectivity index is 1.72. The Bertz CT molecular complexity index is 589. The molecule has 0 atom stereocenters. The van der Waals surface area contributed by atoms with Gasteiger partial charge in [-0.05, 0) is 40.8 Å². The molecule has 0 aliphatic carbocycles. The van der Waals surface area contributed by atoms with Gasteiger partial charge >= 0.3 is 0 Å². The second-order valence-electron chi connectivity index (χ2n) is 5.40. The summed E-state index contributed by atoms with van der Waals surface area (Å²) in [5.74, 6) is 0.923. The molecule has 3 rings (SSSR count). The molecule has 2 heteroatoms. The third-order valence-corrected chi connectivity index (χ3v) is 4.09. The Kier molecular flexibility index (Phi) is 3.75. The van der Waals surface area contributed by atoms with E-state index in [1.807, 2.05) is 12.1 Å². The van der Waals surface area contributed by atoms with Gasteiger partial charge in [0.1, 0.15) is 5.75 Å². The highest BCUT2D eigenvalue weighted by Crippen LogP contribution is 2.27. The van der Waals surface area contributed by atoms with Gasteiger partial charge < -0.3 is 4.74 Å². The predicted octanol–water partition coefficient (Wildman–Crippen LogP) is 3.77. The summed E-state index contributed by atoms with van der Waals surface area (Å²) in [6.45, 7) is 5.38. The Hall–Kier alpha value is -1.80. The topological polar surface area (TPSA) is 12.5 Å². The minimum atomic E-state index is 0.923. The number of nitrogens with zero attached hydrogens (tertiary/aromatic N) is 1. The summed E-state index contributed by atoms with van der Waals surface area (Å²) in [6, 6.07) is 15.1. The molecule has 0 fully saturated rings. The van der Waals surface area contributed by atoms with E-state index in [4.69, 9.17) is 4.74 Å². The highest BCUT2D eigenvalue weighted by Gasteiger charge is 2.20. The first-order valence-corrected chi connectivity index (χ1v) is 7.25. The van der Waals surface area contributed by atoms with E-state index < -0.39 is 0 Å². The van der Waals surface area contributed by atoms with Crippen LogP contribution in [0.25, 0.3) is 0 Å². The average Bonchev–Trinajstić information content (AvgIpc) is 2.90. The number of hydrogen-bond acceptors (Lipinski definition) is 2. The zero-order chi connectivity index (χ0) is 13.9. The summed E-state index contributed by atoms with van der Waals surface area (Å²) in [5, 5.41) is 0. The van der Waals surface area contributed by atoms with Crippen molar-refractivity contribution in [1.82, 2.24) is 4.90 Å². The lowest BCUT2D eigenvalue weighted by atomic mass is 10.0. The smallest absolute Gasteiger partial charge is 0.118 e. The largest absolute Gasteiger partial charge is 0.497 e. The van der Waals surface area contributed by atoms with Gasteiger partial charge in [-0.15, -0.1) is 0 Å². The van der Waals surface area contributed by atoms with Crippen molar-refractivity contribution in [3.63, 3.8) is 0 Å². The van der Waals surface area contributed by atoms with Crippen LogP contribution in [0.3, 0.4) is 0 Å². The van der Waals surface area contributed by atoms with Crippen LogP contribution in [0.1, 0.15) is 29.2 Å². The van der Waals surface area contributed by atoms with E-state index in [2.05, 4.69) is 42.2 Å². The average molecular weight is 267 g/mol. The second-order valence-corrected chi connectivity index (χ2v) is 5.40. The van der Waals surface area contributed by atoms with Crippen molar-refractivity contribution in [1.29, 1.82) is 0 Å². The fourth-order valence-corrected chi connectivity index (χ4v) is 2.99. The molecule has 0 saturated carbocycles. The third-order valence-electron chi connectivity index (χ3n) is 4.09. The quantitative estimate of drug-likeness (QED) is 0.836.